The minimum atomic E-state index is -0.296. The van der Waals surface area contributed by atoms with Crippen molar-refractivity contribution >= 4 is 15.9 Å². The monoisotopic (exact) mass is 432 g/mol. The molecule has 0 N–H and O–H groups in total. The summed E-state index contributed by atoms with van der Waals surface area (Å²) in [5.41, 5.74) is 0.715. The van der Waals surface area contributed by atoms with Crippen LogP contribution in [0.5, 0.6) is 0 Å². The van der Waals surface area contributed by atoms with Crippen LogP contribution in [0.15, 0.2) is 35.1 Å². The molecule has 0 atom stereocenters. The third kappa shape index (κ3) is 2.50. The van der Waals surface area contributed by atoms with Gasteiger partial charge in [0, 0.05) is 32.1 Å². The van der Waals surface area contributed by atoms with Crippen LogP contribution in [0.2, 0.25) is 0 Å². The van der Waals surface area contributed by atoms with Gasteiger partial charge in [0.25, 0.3) is 0 Å². The molecule has 2 nitrogen and oxygen atoms in total. The van der Waals surface area contributed by atoms with Crippen molar-refractivity contribution in [3.8, 4) is 5.69 Å². The third-order valence-corrected chi connectivity index (χ3v) is 1.97. The molecule has 1 heterocycles. The summed E-state index contributed by atoms with van der Waals surface area (Å²) in [5.74, 6) is -0.296. The van der Waals surface area contributed by atoms with E-state index in [2.05, 4.69) is 27.1 Å². The minimum absolute atomic E-state index is 0. The Morgan fingerprint density at radius 2 is 2.21 bits per heavy atom. The average Bonchev–Trinajstić information content (AvgIpc) is 2.53. The first-order valence-corrected chi connectivity index (χ1v) is 4.43. The Hall–Kier alpha value is -0.511. The second-order valence-electron chi connectivity index (χ2n) is 2.50. The molecule has 0 aliphatic heterocycles. The zero-order chi connectivity index (χ0) is 9.26. The summed E-state index contributed by atoms with van der Waals surface area (Å²) >= 11 is 3.27. The fraction of sp³-hybridized carbons (Fsp3) is 0. The number of aromatic nitrogens is 2. The van der Waals surface area contributed by atoms with E-state index in [1.54, 1.807) is 23.1 Å². The van der Waals surface area contributed by atoms with Crippen LogP contribution in [0, 0.1) is 11.9 Å². The van der Waals surface area contributed by atoms with E-state index in [1.165, 1.54) is 12.1 Å². The van der Waals surface area contributed by atoms with Gasteiger partial charge in [0.2, 0.25) is 0 Å². The molecule has 2 aromatic rings. The number of hydrogen-bond donors (Lipinski definition) is 0. The van der Waals surface area contributed by atoms with Crippen LogP contribution in [-0.2, 0) is 20.1 Å². The Morgan fingerprint density at radius 1 is 1.43 bits per heavy atom. The molecular formula is C9H5BrFIrN2-. The second kappa shape index (κ2) is 4.82. The minimum Gasteiger partial charge on any atom is -0.284 e. The molecule has 0 aliphatic rings. The van der Waals surface area contributed by atoms with E-state index in [1.807, 2.05) is 0 Å². The van der Waals surface area contributed by atoms with Gasteiger partial charge in [-0.2, -0.15) is 11.2 Å². The van der Waals surface area contributed by atoms with Gasteiger partial charge in [-0.1, -0.05) is 0 Å². The summed E-state index contributed by atoms with van der Waals surface area (Å²) in [7, 11) is 0. The molecule has 0 amide bonds. The molecule has 1 aromatic carbocycles. The van der Waals surface area contributed by atoms with Crippen LogP contribution in [0.4, 0.5) is 4.39 Å². The van der Waals surface area contributed by atoms with Gasteiger partial charge in [0.05, 0.1) is 10.7 Å². The zero-order valence-corrected chi connectivity index (χ0v) is 10.9. The van der Waals surface area contributed by atoms with E-state index in [4.69, 9.17) is 0 Å². The average molecular weight is 432 g/mol. The van der Waals surface area contributed by atoms with Crippen LogP contribution in [0.3, 0.4) is 0 Å². The first-order chi connectivity index (χ1) is 6.25. The zero-order valence-electron chi connectivity index (χ0n) is 6.87. The van der Waals surface area contributed by atoms with Gasteiger partial charge in [-0.25, -0.2) is 0 Å². The van der Waals surface area contributed by atoms with E-state index < -0.39 is 0 Å². The van der Waals surface area contributed by atoms with Crippen molar-refractivity contribution in [2.24, 2.45) is 0 Å². The van der Waals surface area contributed by atoms with Gasteiger partial charge in [0.15, 0.2) is 0 Å². The van der Waals surface area contributed by atoms with E-state index in [-0.39, 0.29) is 25.9 Å². The SMILES string of the molecule is Fc1c[c-]c(-n2cc(Br)cn2)cc1.[Ir]. The topological polar surface area (TPSA) is 17.8 Å². The molecule has 0 fully saturated rings. The number of halogens is 2. The van der Waals surface area contributed by atoms with Gasteiger partial charge in [0.1, 0.15) is 0 Å². The predicted octanol–water partition coefficient (Wildman–Crippen LogP) is 2.57. The van der Waals surface area contributed by atoms with Crippen LogP contribution in [0.1, 0.15) is 0 Å². The number of benzene rings is 1. The van der Waals surface area contributed by atoms with Crippen molar-refractivity contribution in [1.29, 1.82) is 0 Å². The largest absolute Gasteiger partial charge is 0.284 e. The number of rotatable bonds is 1. The Labute approximate surface area is 103 Å². The van der Waals surface area contributed by atoms with Crippen molar-refractivity contribution in [1.82, 2.24) is 9.78 Å². The van der Waals surface area contributed by atoms with Crippen LogP contribution in [-0.4, -0.2) is 9.78 Å². The molecule has 0 aliphatic carbocycles. The molecule has 0 unspecified atom stereocenters. The second-order valence-corrected chi connectivity index (χ2v) is 3.41. The number of hydrogen-bond acceptors (Lipinski definition) is 1. The van der Waals surface area contributed by atoms with E-state index in [0.717, 1.165) is 4.47 Å². The molecule has 5 heteroatoms. The Balaban J connectivity index is 0.000000980. The van der Waals surface area contributed by atoms with Crippen molar-refractivity contribution in [2.75, 3.05) is 0 Å². The Morgan fingerprint density at radius 3 is 2.71 bits per heavy atom. The first-order valence-electron chi connectivity index (χ1n) is 3.63. The van der Waals surface area contributed by atoms with Crippen molar-refractivity contribution < 1.29 is 24.5 Å². The molecule has 14 heavy (non-hydrogen) atoms. The van der Waals surface area contributed by atoms with Gasteiger partial charge >= 0.3 is 0 Å². The molecule has 0 saturated heterocycles. The quantitative estimate of drug-likeness (QED) is 0.634. The molecule has 0 spiro atoms. The van der Waals surface area contributed by atoms with E-state index in [0.29, 0.717) is 5.69 Å². The summed E-state index contributed by atoms with van der Waals surface area (Å²) in [6.45, 7) is 0. The summed E-state index contributed by atoms with van der Waals surface area (Å²) in [5, 5.41) is 4.03. The Kier molecular flexibility index (Phi) is 3.98. The van der Waals surface area contributed by atoms with Crippen LogP contribution < -0.4 is 0 Å². The molecule has 1 aromatic heterocycles. The molecule has 0 bridgehead atoms. The van der Waals surface area contributed by atoms with Crippen LogP contribution in [0.25, 0.3) is 5.69 Å². The van der Waals surface area contributed by atoms with E-state index in [9.17, 15) is 4.39 Å². The van der Waals surface area contributed by atoms with E-state index >= 15 is 0 Å². The maximum absolute atomic E-state index is 12.5. The third-order valence-electron chi connectivity index (χ3n) is 1.56. The van der Waals surface area contributed by atoms with Gasteiger partial charge in [-0.3, -0.25) is 9.07 Å². The smallest absolute Gasteiger partial charge is 0.0635 e. The molecule has 75 valence electrons. The molecular weight excluding hydrogens is 427 g/mol. The first kappa shape index (κ1) is 11.6. The van der Waals surface area contributed by atoms with Gasteiger partial charge < -0.3 is 0 Å². The summed E-state index contributed by atoms with van der Waals surface area (Å²) < 4.78 is 15.0. The fourth-order valence-electron chi connectivity index (χ4n) is 0.973. The van der Waals surface area contributed by atoms with Crippen LogP contribution >= 0.6 is 15.9 Å². The summed E-state index contributed by atoms with van der Waals surface area (Å²) in [6.07, 6.45) is 3.45. The number of nitrogens with zero attached hydrogens (tertiary/aromatic N) is 2. The predicted molar refractivity (Wildman–Crippen MR) is 50.1 cm³/mol. The summed E-state index contributed by atoms with van der Waals surface area (Å²) in [6, 6.07) is 7.05. The maximum atomic E-state index is 12.5. The molecule has 0 saturated carbocycles. The molecule has 2 rings (SSSR count). The van der Waals surface area contributed by atoms with Crippen molar-refractivity contribution in [3.63, 3.8) is 0 Å². The Bertz CT molecular complexity index is 413. The normalized spacial score (nSPS) is 9.57. The van der Waals surface area contributed by atoms with Crippen molar-refractivity contribution in [3.05, 3.63) is 46.9 Å². The standard InChI is InChI=1S/C9H5BrFN2.Ir/c10-7-5-12-13(6-7)9-3-1-8(11)2-4-9;/h1-3,5-6H;/q-1;. The van der Waals surface area contributed by atoms with Gasteiger partial charge in [-0.05, 0) is 21.6 Å². The summed E-state index contributed by atoms with van der Waals surface area (Å²) in [4.78, 5) is 0. The maximum Gasteiger partial charge on any atom is 0.0635 e. The van der Waals surface area contributed by atoms with Gasteiger partial charge in [-0.15, -0.1) is 18.2 Å². The van der Waals surface area contributed by atoms with Crippen molar-refractivity contribution in [2.45, 2.75) is 0 Å². The molecule has 1 radical (unpaired) electrons. The fourth-order valence-corrected chi connectivity index (χ4v) is 1.26.